The summed E-state index contributed by atoms with van der Waals surface area (Å²) in [6.45, 7) is 8.48. The second kappa shape index (κ2) is 11.8. The highest BCUT2D eigenvalue weighted by Gasteiger charge is 2.52. The monoisotopic (exact) mass is 565 g/mol. The molecular formula is C31H35NO9. The Bertz CT molecular complexity index is 1350. The summed E-state index contributed by atoms with van der Waals surface area (Å²) in [6.07, 6.45) is -0.890. The smallest absolute Gasteiger partial charge is 0.454 e. The molecule has 3 aliphatic rings. The van der Waals surface area contributed by atoms with Gasteiger partial charge in [0, 0.05) is 12.1 Å². The van der Waals surface area contributed by atoms with Crippen LogP contribution < -0.4 is 9.47 Å². The Morgan fingerprint density at radius 2 is 1.78 bits per heavy atom. The molecule has 10 heteroatoms. The number of hydrogen-bond donors (Lipinski definition) is 0. The van der Waals surface area contributed by atoms with Crippen LogP contribution in [0.3, 0.4) is 0 Å². The van der Waals surface area contributed by atoms with Gasteiger partial charge in [-0.25, -0.2) is 9.59 Å². The zero-order valence-electron chi connectivity index (χ0n) is 23.8. The van der Waals surface area contributed by atoms with Crippen LogP contribution >= 0.6 is 0 Å². The Labute approximate surface area is 239 Å². The number of ether oxygens (including phenoxy) is 6. The zero-order chi connectivity index (χ0) is 29.1. The average Bonchev–Trinajstić information content (AvgIpc) is 3.44. The summed E-state index contributed by atoms with van der Waals surface area (Å²) in [6, 6.07) is 12.1. The first-order valence-electron chi connectivity index (χ1n) is 13.9. The molecule has 5 rings (SSSR count). The van der Waals surface area contributed by atoms with Gasteiger partial charge < -0.3 is 28.4 Å². The lowest BCUT2D eigenvalue weighted by molar-refractivity contribution is -0.130. The van der Waals surface area contributed by atoms with Crippen molar-refractivity contribution in [1.29, 1.82) is 0 Å². The van der Waals surface area contributed by atoms with Gasteiger partial charge >= 0.3 is 12.3 Å². The Balaban J connectivity index is 1.54. The molecule has 0 saturated carbocycles. The lowest BCUT2D eigenvalue weighted by Crippen LogP contribution is -2.47. The van der Waals surface area contributed by atoms with Gasteiger partial charge in [0.15, 0.2) is 23.4 Å². The van der Waals surface area contributed by atoms with Gasteiger partial charge in [-0.3, -0.25) is 9.69 Å². The van der Waals surface area contributed by atoms with E-state index in [1.165, 1.54) is 0 Å². The molecule has 0 amide bonds. The molecule has 2 aromatic carbocycles. The summed E-state index contributed by atoms with van der Waals surface area (Å²) in [5.41, 5.74) is 1.96. The van der Waals surface area contributed by atoms with Crippen molar-refractivity contribution in [2.45, 2.75) is 71.3 Å². The van der Waals surface area contributed by atoms with Crippen LogP contribution in [-0.4, -0.2) is 60.6 Å². The summed E-state index contributed by atoms with van der Waals surface area (Å²) in [4.78, 5) is 41.8. The molecule has 0 aromatic heterocycles. The molecule has 0 fully saturated rings. The maximum absolute atomic E-state index is 14.0. The highest BCUT2D eigenvalue weighted by Crippen LogP contribution is 2.45. The van der Waals surface area contributed by atoms with Crippen LogP contribution in [-0.2, 0) is 36.8 Å². The Morgan fingerprint density at radius 3 is 2.49 bits per heavy atom. The van der Waals surface area contributed by atoms with Gasteiger partial charge in [-0.05, 0) is 69.0 Å². The van der Waals surface area contributed by atoms with E-state index in [1.54, 1.807) is 26.8 Å². The van der Waals surface area contributed by atoms with Crippen LogP contribution in [0.1, 0.15) is 57.2 Å². The molecule has 0 N–H and O–H groups in total. The van der Waals surface area contributed by atoms with Crippen molar-refractivity contribution < 1.29 is 42.8 Å². The molecule has 1 aliphatic carbocycles. The Hall–Kier alpha value is -4.05. The molecule has 2 heterocycles. The molecule has 0 spiro atoms. The zero-order valence-corrected chi connectivity index (χ0v) is 23.8. The number of carbonyl (C=O) groups is 3. The van der Waals surface area contributed by atoms with Crippen molar-refractivity contribution in [3.05, 3.63) is 64.9 Å². The third-order valence-corrected chi connectivity index (χ3v) is 7.06. The van der Waals surface area contributed by atoms with E-state index in [1.807, 2.05) is 36.4 Å². The topological polar surface area (TPSA) is 110 Å². The molecular weight excluding hydrogens is 530 g/mol. The minimum atomic E-state index is -1.29. The van der Waals surface area contributed by atoms with E-state index in [0.717, 1.165) is 24.0 Å². The van der Waals surface area contributed by atoms with E-state index >= 15 is 0 Å². The van der Waals surface area contributed by atoms with Crippen LogP contribution in [0.4, 0.5) is 9.59 Å². The first-order valence-corrected chi connectivity index (χ1v) is 13.9. The van der Waals surface area contributed by atoms with E-state index in [-0.39, 0.29) is 19.2 Å². The normalized spacial score (nSPS) is 19.8. The van der Waals surface area contributed by atoms with E-state index in [9.17, 15) is 14.4 Å². The van der Waals surface area contributed by atoms with E-state index < -0.39 is 35.8 Å². The minimum absolute atomic E-state index is 0.0321. The third kappa shape index (κ3) is 6.32. The first-order chi connectivity index (χ1) is 19.6. The summed E-state index contributed by atoms with van der Waals surface area (Å²) in [5.74, 6) is 0.273. The summed E-state index contributed by atoms with van der Waals surface area (Å²) >= 11 is 0. The van der Waals surface area contributed by atoms with Crippen LogP contribution in [0.2, 0.25) is 0 Å². The van der Waals surface area contributed by atoms with Gasteiger partial charge in [0.1, 0.15) is 12.2 Å². The van der Waals surface area contributed by atoms with Gasteiger partial charge in [-0.1, -0.05) is 43.7 Å². The van der Waals surface area contributed by atoms with Crippen molar-refractivity contribution >= 4 is 23.7 Å². The fourth-order valence-electron chi connectivity index (χ4n) is 5.23. The van der Waals surface area contributed by atoms with Crippen molar-refractivity contribution in [3.8, 4) is 11.5 Å². The number of hydrogen-bond acceptors (Lipinski definition) is 10. The van der Waals surface area contributed by atoms with Crippen molar-refractivity contribution in [3.63, 3.8) is 0 Å². The number of ketones is 1. The number of benzene rings is 2. The van der Waals surface area contributed by atoms with Gasteiger partial charge in [0.25, 0.3) is 0 Å². The summed E-state index contributed by atoms with van der Waals surface area (Å²) in [5, 5.41) is 0. The number of Topliss-reactive ketones (excluding diaryl/α,β-unsaturated/α-hetero) is 1. The number of unbranched alkanes of at least 4 members (excludes halogenated alkanes) is 1. The van der Waals surface area contributed by atoms with Crippen molar-refractivity contribution in [1.82, 2.24) is 4.90 Å². The third-order valence-electron chi connectivity index (χ3n) is 7.06. The standard InChI is InChI=1S/C31H35NO9/c1-5-6-13-32-14-12-20-15-22-23(38-18-37-22)16-21(20)24-25(32)28(40-30(35)41-31(2,3)4)26(33)27(24)39-29(34)36-17-19-10-8-7-9-11-19/h7-11,15-16,25,28H,5-6,12-14,17-18H2,1-4H3/t25-,28+/m1/s1. The predicted molar refractivity (Wildman–Crippen MR) is 147 cm³/mol. The highest BCUT2D eigenvalue weighted by atomic mass is 16.7. The number of fused-ring (bicyclic) bond motifs is 4. The van der Waals surface area contributed by atoms with Gasteiger partial charge in [0.05, 0.1) is 6.04 Å². The quantitative estimate of drug-likeness (QED) is 0.404. The Kier molecular flexibility index (Phi) is 8.21. The Morgan fingerprint density at radius 1 is 1.05 bits per heavy atom. The summed E-state index contributed by atoms with van der Waals surface area (Å²) in [7, 11) is 0. The molecule has 0 radical (unpaired) electrons. The van der Waals surface area contributed by atoms with Crippen LogP contribution in [0, 0.1) is 0 Å². The number of nitrogens with zero attached hydrogens (tertiary/aromatic N) is 1. The number of rotatable bonds is 7. The largest absolute Gasteiger partial charge is 0.514 e. The SMILES string of the molecule is CCCCN1CCc2cc3c(cc2C2=C(OC(=O)OCc4ccccc4)C(=O)[C@@H](OC(=O)OC(C)(C)C)[C@@H]21)OCO3. The predicted octanol–water partition coefficient (Wildman–Crippen LogP) is 5.41. The maximum Gasteiger partial charge on any atom is 0.514 e. The molecule has 2 atom stereocenters. The second-order valence-electron chi connectivity index (χ2n) is 11.2. The summed E-state index contributed by atoms with van der Waals surface area (Å²) < 4.78 is 33.3. The van der Waals surface area contributed by atoms with Gasteiger partial charge in [-0.2, -0.15) is 0 Å². The maximum atomic E-state index is 14.0. The molecule has 0 bridgehead atoms. The lowest BCUT2D eigenvalue weighted by atomic mass is 9.94. The van der Waals surface area contributed by atoms with Gasteiger partial charge in [0.2, 0.25) is 12.6 Å². The second-order valence-corrected chi connectivity index (χ2v) is 11.2. The molecule has 0 unspecified atom stereocenters. The van der Waals surface area contributed by atoms with Crippen molar-refractivity contribution in [2.24, 2.45) is 0 Å². The fraction of sp³-hybridized carbons (Fsp3) is 0.452. The fourth-order valence-corrected chi connectivity index (χ4v) is 5.23. The van der Waals surface area contributed by atoms with E-state index in [4.69, 9.17) is 28.4 Å². The highest BCUT2D eigenvalue weighted by molar-refractivity contribution is 6.12. The minimum Gasteiger partial charge on any atom is -0.454 e. The molecule has 218 valence electrons. The van der Waals surface area contributed by atoms with Gasteiger partial charge in [-0.15, -0.1) is 0 Å². The van der Waals surface area contributed by atoms with E-state index in [2.05, 4.69) is 11.8 Å². The molecule has 0 saturated heterocycles. The molecule has 2 aliphatic heterocycles. The average molecular weight is 566 g/mol. The van der Waals surface area contributed by atoms with Crippen LogP contribution in [0.15, 0.2) is 48.2 Å². The molecule has 41 heavy (non-hydrogen) atoms. The van der Waals surface area contributed by atoms with Crippen LogP contribution in [0.25, 0.3) is 5.57 Å². The van der Waals surface area contributed by atoms with Crippen molar-refractivity contribution in [2.75, 3.05) is 19.9 Å². The first kappa shape index (κ1) is 28.5. The number of carbonyl (C=O) groups excluding carboxylic acids is 3. The lowest BCUT2D eigenvalue weighted by Gasteiger charge is -2.32. The molecule has 10 nitrogen and oxygen atoms in total. The van der Waals surface area contributed by atoms with Crippen LogP contribution in [0.5, 0.6) is 11.5 Å². The van der Waals surface area contributed by atoms with E-state index in [0.29, 0.717) is 42.1 Å². The molecule has 2 aromatic rings.